The van der Waals surface area contributed by atoms with E-state index in [2.05, 4.69) is 9.39 Å². The smallest absolute Gasteiger partial charge is 0.211 e. The van der Waals surface area contributed by atoms with Gasteiger partial charge >= 0.3 is 0 Å². The summed E-state index contributed by atoms with van der Waals surface area (Å²) in [5, 5.41) is 0. The quantitative estimate of drug-likeness (QED) is 0.619. The first-order valence-electron chi connectivity index (χ1n) is 7.15. The molecule has 0 aliphatic heterocycles. The molecule has 1 aromatic rings. The Balaban J connectivity index is 2.56. The molecule has 6 nitrogen and oxygen atoms in total. The van der Waals surface area contributed by atoms with Crippen LogP contribution in [0.1, 0.15) is 31.4 Å². The summed E-state index contributed by atoms with van der Waals surface area (Å²) in [5.74, 6) is 0. The van der Waals surface area contributed by atoms with Crippen molar-refractivity contribution < 1.29 is 18.0 Å². The molecule has 0 aromatic heterocycles. The molecular weight excluding hydrogens is 328 g/mol. The molecule has 0 saturated carbocycles. The normalized spacial score (nSPS) is 20.3. The molecule has 0 bridgehead atoms. The van der Waals surface area contributed by atoms with Gasteiger partial charge in [0.05, 0.1) is 10.6 Å². The molecular formula is C17H16N2O4S. The zero-order valence-corrected chi connectivity index (χ0v) is 14.3. The Morgan fingerprint density at radius 1 is 1.17 bits per heavy atom. The van der Waals surface area contributed by atoms with Crippen molar-refractivity contribution in [3.63, 3.8) is 0 Å². The molecule has 7 heteroatoms. The molecule has 0 N–H and O–H groups in total. The molecule has 1 aliphatic rings. The summed E-state index contributed by atoms with van der Waals surface area (Å²) in [5.41, 5.74) is 2.32. The van der Waals surface area contributed by atoms with Crippen molar-refractivity contribution >= 4 is 27.9 Å². The predicted octanol–water partition coefficient (Wildman–Crippen LogP) is 3.12. The highest BCUT2D eigenvalue weighted by atomic mass is 32.2. The summed E-state index contributed by atoms with van der Waals surface area (Å²) in [6, 6.07) is 5.49. The molecule has 1 aliphatic carbocycles. The van der Waals surface area contributed by atoms with Crippen LogP contribution >= 0.6 is 0 Å². The summed E-state index contributed by atoms with van der Waals surface area (Å²) < 4.78 is 26.8. The van der Waals surface area contributed by atoms with Crippen LogP contribution in [0.4, 0.5) is 5.69 Å². The third-order valence-corrected chi connectivity index (χ3v) is 5.38. The standard InChI is InChI=1S/C17H16N2O4S/c1-12-4-5-15(18-10-20)14(8-12)17(3)7-6-16(13(2)9-17)24(22,23)19-11-21/h4-8H,9H2,1-3H3. The second-order valence-electron chi connectivity index (χ2n) is 5.95. The van der Waals surface area contributed by atoms with E-state index < -0.39 is 15.4 Å². The van der Waals surface area contributed by atoms with E-state index in [4.69, 9.17) is 0 Å². The lowest BCUT2D eigenvalue weighted by molar-refractivity contribution is 0.563. The van der Waals surface area contributed by atoms with Crippen LogP contribution in [0.15, 0.2) is 50.2 Å². The Hall–Kier alpha value is -2.59. The second kappa shape index (κ2) is 6.49. The van der Waals surface area contributed by atoms with Gasteiger partial charge in [0.1, 0.15) is 0 Å². The van der Waals surface area contributed by atoms with Gasteiger partial charge < -0.3 is 0 Å². The van der Waals surface area contributed by atoms with Crippen molar-refractivity contribution in [1.29, 1.82) is 0 Å². The fourth-order valence-corrected chi connectivity index (χ4v) is 3.89. The molecule has 124 valence electrons. The van der Waals surface area contributed by atoms with Gasteiger partial charge in [-0.1, -0.05) is 40.7 Å². The van der Waals surface area contributed by atoms with Crippen molar-refractivity contribution in [3.8, 4) is 0 Å². The van der Waals surface area contributed by atoms with Gasteiger partial charge in [0.15, 0.2) is 0 Å². The van der Waals surface area contributed by atoms with Crippen LogP contribution in [0.2, 0.25) is 0 Å². The largest absolute Gasteiger partial charge is 0.292 e. The van der Waals surface area contributed by atoms with E-state index in [1.807, 2.05) is 26.0 Å². The summed E-state index contributed by atoms with van der Waals surface area (Å²) in [6.45, 7) is 5.52. The Morgan fingerprint density at radius 3 is 2.46 bits per heavy atom. The van der Waals surface area contributed by atoms with Gasteiger partial charge in [0.2, 0.25) is 6.08 Å². The summed E-state index contributed by atoms with van der Waals surface area (Å²) in [6.07, 6.45) is 6.17. The summed E-state index contributed by atoms with van der Waals surface area (Å²) >= 11 is 0. The summed E-state index contributed by atoms with van der Waals surface area (Å²) in [7, 11) is -4.04. The van der Waals surface area contributed by atoms with Crippen molar-refractivity contribution in [3.05, 3.63) is 52.0 Å². The first kappa shape index (κ1) is 17.8. The highest BCUT2D eigenvalue weighted by Gasteiger charge is 2.33. The molecule has 1 unspecified atom stereocenters. The van der Waals surface area contributed by atoms with Crippen molar-refractivity contribution in [2.45, 2.75) is 32.6 Å². The van der Waals surface area contributed by atoms with E-state index in [0.717, 1.165) is 17.2 Å². The van der Waals surface area contributed by atoms with Crippen molar-refractivity contribution in [2.75, 3.05) is 0 Å². The number of benzene rings is 1. The number of carbonyl (C=O) groups excluding carboxylic acids is 2. The van der Waals surface area contributed by atoms with E-state index in [9.17, 15) is 18.0 Å². The molecule has 2 rings (SSSR count). The SMILES string of the molecule is CC1=C(S(=O)(=O)N=C=O)C=CC(C)(c2cc(C)ccc2N=C=O)C1. The van der Waals surface area contributed by atoms with Crippen molar-refractivity contribution in [1.82, 2.24) is 0 Å². The fourth-order valence-electron chi connectivity index (χ4n) is 2.94. The average Bonchev–Trinajstić information content (AvgIpc) is 2.48. The number of aryl methyl sites for hydroxylation is 1. The monoisotopic (exact) mass is 344 g/mol. The molecule has 0 heterocycles. The Labute approximate surface area is 140 Å². The predicted molar refractivity (Wildman–Crippen MR) is 89.8 cm³/mol. The maximum Gasteiger partial charge on any atom is 0.292 e. The first-order chi connectivity index (χ1) is 11.2. The Morgan fingerprint density at radius 2 is 1.88 bits per heavy atom. The second-order valence-corrected chi connectivity index (χ2v) is 7.53. The fraction of sp³-hybridized carbons (Fsp3) is 0.294. The molecule has 1 aromatic carbocycles. The van der Waals surface area contributed by atoms with Crippen molar-refractivity contribution in [2.24, 2.45) is 9.39 Å². The minimum Gasteiger partial charge on any atom is -0.211 e. The number of nitrogens with zero attached hydrogens (tertiary/aromatic N) is 2. The van der Waals surface area contributed by atoms with Crippen LogP contribution in [0.3, 0.4) is 0 Å². The van der Waals surface area contributed by atoms with Crippen LogP contribution in [0, 0.1) is 6.92 Å². The third kappa shape index (κ3) is 3.34. The molecule has 0 radical (unpaired) electrons. The van der Waals surface area contributed by atoms with Crippen LogP contribution in [-0.4, -0.2) is 20.6 Å². The lowest BCUT2D eigenvalue weighted by atomic mass is 9.74. The lowest BCUT2D eigenvalue weighted by Crippen LogP contribution is -2.24. The Kier molecular flexibility index (Phi) is 4.81. The molecule has 0 saturated heterocycles. The number of sulfonamides is 1. The lowest BCUT2D eigenvalue weighted by Gasteiger charge is -2.32. The number of hydrogen-bond acceptors (Lipinski definition) is 5. The highest BCUT2D eigenvalue weighted by molar-refractivity contribution is 7.94. The van der Waals surface area contributed by atoms with Gasteiger partial charge in [-0.2, -0.15) is 13.4 Å². The van der Waals surface area contributed by atoms with E-state index in [-0.39, 0.29) is 4.91 Å². The summed E-state index contributed by atoms with van der Waals surface area (Å²) in [4.78, 5) is 24.7. The Bertz CT molecular complexity index is 947. The van der Waals surface area contributed by atoms with E-state index >= 15 is 0 Å². The topological polar surface area (TPSA) is 93.0 Å². The van der Waals surface area contributed by atoms with Gasteiger partial charge in [-0.3, -0.25) is 0 Å². The molecule has 24 heavy (non-hydrogen) atoms. The molecule has 0 fully saturated rings. The number of aliphatic imine (C=N–C) groups is 1. The minimum atomic E-state index is -4.04. The third-order valence-electron chi connectivity index (χ3n) is 4.02. The molecule has 0 amide bonds. The van der Waals surface area contributed by atoms with Gasteiger partial charge in [-0.05, 0) is 38.0 Å². The van der Waals surface area contributed by atoms with Gasteiger partial charge in [-0.15, -0.1) is 0 Å². The van der Waals surface area contributed by atoms with E-state index in [1.165, 1.54) is 6.08 Å². The number of isocyanates is 2. The number of rotatable bonds is 4. The van der Waals surface area contributed by atoms with Crippen LogP contribution < -0.4 is 0 Å². The molecule has 0 spiro atoms. The number of allylic oxidation sites excluding steroid dienone is 3. The minimum absolute atomic E-state index is 0.00332. The van der Waals surface area contributed by atoms with Gasteiger partial charge in [-0.25, -0.2) is 9.59 Å². The van der Waals surface area contributed by atoms with Gasteiger partial charge in [0, 0.05) is 5.41 Å². The van der Waals surface area contributed by atoms with Gasteiger partial charge in [0.25, 0.3) is 16.1 Å². The number of hydrogen-bond donors (Lipinski definition) is 0. The molecule has 1 atom stereocenters. The van der Waals surface area contributed by atoms with E-state index in [1.54, 1.807) is 25.1 Å². The average molecular weight is 344 g/mol. The zero-order chi connectivity index (χ0) is 18.0. The van der Waals surface area contributed by atoms with Crippen LogP contribution in [-0.2, 0) is 25.0 Å². The highest BCUT2D eigenvalue weighted by Crippen LogP contribution is 2.42. The van der Waals surface area contributed by atoms with E-state index in [0.29, 0.717) is 17.7 Å². The van der Waals surface area contributed by atoms with Crippen LogP contribution in [0.5, 0.6) is 0 Å². The zero-order valence-electron chi connectivity index (χ0n) is 13.5. The van der Waals surface area contributed by atoms with Crippen LogP contribution in [0.25, 0.3) is 0 Å². The maximum atomic E-state index is 12.0. The first-order valence-corrected chi connectivity index (χ1v) is 8.59. The maximum absolute atomic E-state index is 12.0.